The lowest BCUT2D eigenvalue weighted by molar-refractivity contribution is -0.123. The van der Waals surface area contributed by atoms with E-state index in [0.29, 0.717) is 17.4 Å². The number of thioether (sulfide) groups is 1. The lowest BCUT2D eigenvalue weighted by Crippen LogP contribution is -2.29. The number of aliphatic imine (C=N–C) groups is 1. The quantitative estimate of drug-likeness (QED) is 0.531. The van der Waals surface area contributed by atoms with E-state index in [9.17, 15) is 14.0 Å². The second-order valence-electron chi connectivity index (χ2n) is 6.82. The molecule has 0 radical (unpaired) electrons. The molecule has 168 valence electrons. The van der Waals surface area contributed by atoms with Gasteiger partial charge in [-0.3, -0.25) is 29.4 Å². The molecule has 33 heavy (non-hydrogen) atoms. The van der Waals surface area contributed by atoms with Crippen LogP contribution in [-0.4, -0.2) is 31.8 Å². The minimum absolute atomic E-state index is 0. The number of benzene rings is 1. The molecule has 1 aromatic carbocycles. The van der Waals surface area contributed by atoms with Crippen LogP contribution in [0.1, 0.15) is 11.1 Å². The Balaban J connectivity index is 0.00000306. The Kier molecular flexibility index (Phi) is 8.28. The SMILES string of the molecule is Cl.O=C(C=C1SC(=NCc2cccnc2)N(Cc2cccnc2)C1=O)Nc1ccc(F)cc1. The zero-order chi connectivity index (χ0) is 22.3. The van der Waals surface area contributed by atoms with Gasteiger partial charge in [-0.25, -0.2) is 4.39 Å². The third-order valence-corrected chi connectivity index (χ3v) is 5.49. The monoisotopic (exact) mass is 483 g/mol. The van der Waals surface area contributed by atoms with E-state index >= 15 is 0 Å². The highest BCUT2D eigenvalue weighted by Crippen LogP contribution is 2.32. The Hall–Kier alpha value is -3.56. The number of halogens is 2. The molecule has 0 saturated carbocycles. The first-order chi connectivity index (χ1) is 15.6. The number of hydrogen-bond acceptors (Lipinski definition) is 6. The largest absolute Gasteiger partial charge is 0.322 e. The number of anilines is 1. The van der Waals surface area contributed by atoms with Crippen LogP contribution in [0.25, 0.3) is 0 Å². The molecule has 10 heteroatoms. The molecule has 0 unspecified atom stereocenters. The molecule has 1 N–H and O–H groups in total. The lowest BCUT2D eigenvalue weighted by atomic mass is 10.2. The summed E-state index contributed by atoms with van der Waals surface area (Å²) in [4.78, 5) is 40.0. The van der Waals surface area contributed by atoms with Crippen molar-refractivity contribution in [3.05, 3.63) is 101 Å². The Morgan fingerprint density at radius 1 is 1.06 bits per heavy atom. The Morgan fingerprint density at radius 2 is 1.73 bits per heavy atom. The maximum absolute atomic E-state index is 13.1. The molecule has 3 aromatic rings. The maximum atomic E-state index is 13.1. The number of hydrogen-bond donors (Lipinski definition) is 1. The number of carbonyl (C=O) groups excluding carboxylic acids is 2. The molecule has 1 fully saturated rings. The molecular formula is C23H19ClFN5O2S. The zero-order valence-electron chi connectivity index (χ0n) is 17.2. The number of rotatable bonds is 6. The molecule has 1 aliphatic heterocycles. The van der Waals surface area contributed by atoms with Gasteiger partial charge in [0.05, 0.1) is 18.0 Å². The van der Waals surface area contributed by atoms with E-state index in [1.54, 1.807) is 30.9 Å². The van der Waals surface area contributed by atoms with E-state index in [-0.39, 0.29) is 29.8 Å². The van der Waals surface area contributed by atoms with Gasteiger partial charge >= 0.3 is 0 Å². The average Bonchev–Trinajstić information content (AvgIpc) is 3.09. The van der Waals surface area contributed by atoms with Gasteiger partial charge in [0, 0.05) is 36.6 Å². The van der Waals surface area contributed by atoms with Gasteiger partial charge in [0.15, 0.2) is 5.17 Å². The topological polar surface area (TPSA) is 87.6 Å². The highest BCUT2D eigenvalue weighted by atomic mass is 35.5. The van der Waals surface area contributed by atoms with Crippen molar-refractivity contribution in [3.63, 3.8) is 0 Å². The summed E-state index contributed by atoms with van der Waals surface area (Å²) < 4.78 is 13.1. The number of aromatic nitrogens is 2. The summed E-state index contributed by atoms with van der Waals surface area (Å²) in [6, 6.07) is 12.8. The van der Waals surface area contributed by atoms with Gasteiger partial charge in [0.2, 0.25) is 5.91 Å². The summed E-state index contributed by atoms with van der Waals surface area (Å²) in [6.07, 6.45) is 7.97. The molecule has 7 nitrogen and oxygen atoms in total. The van der Waals surface area contributed by atoms with E-state index in [1.807, 2.05) is 18.2 Å². The number of nitrogens with zero attached hydrogens (tertiary/aromatic N) is 4. The molecule has 1 saturated heterocycles. The zero-order valence-corrected chi connectivity index (χ0v) is 18.9. The first kappa shape index (κ1) is 24.1. The molecule has 2 amide bonds. The van der Waals surface area contributed by atoms with Crippen LogP contribution in [0, 0.1) is 5.82 Å². The summed E-state index contributed by atoms with van der Waals surface area (Å²) in [6.45, 7) is 0.629. The van der Waals surface area contributed by atoms with Crippen LogP contribution < -0.4 is 5.32 Å². The Bertz CT molecular complexity index is 1170. The first-order valence-corrected chi connectivity index (χ1v) is 10.5. The molecule has 4 rings (SSSR count). The third kappa shape index (κ3) is 6.47. The molecular weight excluding hydrogens is 465 g/mol. The van der Waals surface area contributed by atoms with E-state index in [0.717, 1.165) is 22.9 Å². The number of pyridine rings is 2. The molecule has 2 aromatic heterocycles. The number of amides is 2. The van der Waals surface area contributed by atoms with Gasteiger partial charge < -0.3 is 5.32 Å². The van der Waals surface area contributed by atoms with Crippen LogP contribution in [-0.2, 0) is 22.7 Å². The molecule has 0 spiro atoms. The average molecular weight is 484 g/mol. The van der Waals surface area contributed by atoms with Crippen LogP contribution in [0.5, 0.6) is 0 Å². The van der Waals surface area contributed by atoms with Crippen molar-refractivity contribution >= 4 is 46.8 Å². The fraction of sp³-hybridized carbons (Fsp3) is 0.0870. The summed E-state index contributed by atoms with van der Waals surface area (Å²) in [7, 11) is 0. The molecule has 3 heterocycles. The van der Waals surface area contributed by atoms with Crippen molar-refractivity contribution in [1.29, 1.82) is 0 Å². The van der Waals surface area contributed by atoms with Gasteiger partial charge in [0.25, 0.3) is 5.91 Å². The van der Waals surface area contributed by atoms with Crippen LogP contribution in [0.3, 0.4) is 0 Å². The van der Waals surface area contributed by atoms with Crippen LogP contribution in [0.2, 0.25) is 0 Å². The number of carbonyl (C=O) groups is 2. The molecule has 1 aliphatic rings. The third-order valence-electron chi connectivity index (χ3n) is 4.45. The van der Waals surface area contributed by atoms with E-state index in [1.165, 1.54) is 35.2 Å². The molecule has 0 bridgehead atoms. The van der Waals surface area contributed by atoms with Gasteiger partial charge in [-0.15, -0.1) is 12.4 Å². The summed E-state index contributed by atoms with van der Waals surface area (Å²) in [5.41, 5.74) is 2.18. The van der Waals surface area contributed by atoms with Crippen LogP contribution >= 0.6 is 24.2 Å². The summed E-state index contributed by atoms with van der Waals surface area (Å²) in [5.74, 6) is -1.20. The van der Waals surface area contributed by atoms with Crippen LogP contribution in [0.4, 0.5) is 10.1 Å². The second-order valence-corrected chi connectivity index (χ2v) is 7.83. The van der Waals surface area contributed by atoms with Crippen molar-refractivity contribution in [1.82, 2.24) is 14.9 Å². The maximum Gasteiger partial charge on any atom is 0.267 e. The highest BCUT2D eigenvalue weighted by Gasteiger charge is 2.34. The second kappa shape index (κ2) is 11.3. The van der Waals surface area contributed by atoms with Crippen molar-refractivity contribution in [2.75, 3.05) is 5.32 Å². The van der Waals surface area contributed by atoms with E-state index in [2.05, 4.69) is 20.3 Å². The van der Waals surface area contributed by atoms with E-state index in [4.69, 9.17) is 0 Å². The van der Waals surface area contributed by atoms with Crippen molar-refractivity contribution < 1.29 is 14.0 Å². The van der Waals surface area contributed by atoms with Crippen molar-refractivity contribution in [2.45, 2.75) is 13.1 Å². The number of amidine groups is 1. The highest BCUT2D eigenvalue weighted by molar-refractivity contribution is 8.18. The van der Waals surface area contributed by atoms with Crippen molar-refractivity contribution in [3.8, 4) is 0 Å². The van der Waals surface area contributed by atoms with Crippen LogP contribution in [0.15, 0.2) is 89.3 Å². The van der Waals surface area contributed by atoms with Gasteiger partial charge in [-0.05, 0) is 59.3 Å². The fourth-order valence-electron chi connectivity index (χ4n) is 2.92. The number of nitrogens with one attached hydrogen (secondary N) is 1. The predicted octanol–water partition coefficient (Wildman–Crippen LogP) is 4.19. The summed E-state index contributed by atoms with van der Waals surface area (Å²) in [5, 5.41) is 3.12. The molecule has 0 atom stereocenters. The van der Waals surface area contributed by atoms with Gasteiger partial charge in [0.1, 0.15) is 5.82 Å². The standard InChI is InChI=1S/C23H18FN5O2S.ClH/c24-18-5-7-19(8-6-18)28-21(30)11-20-22(31)29(15-17-4-2-10-26-13-17)23(32-20)27-14-16-3-1-9-25-12-16;/h1-13H,14-15H2,(H,28,30);1H. The van der Waals surface area contributed by atoms with Crippen molar-refractivity contribution in [2.24, 2.45) is 4.99 Å². The smallest absolute Gasteiger partial charge is 0.267 e. The molecule has 0 aliphatic carbocycles. The van der Waals surface area contributed by atoms with Gasteiger partial charge in [-0.1, -0.05) is 12.1 Å². The predicted molar refractivity (Wildman–Crippen MR) is 128 cm³/mol. The normalized spacial score (nSPS) is 15.5. The Labute approximate surface area is 200 Å². The minimum atomic E-state index is -0.484. The van der Waals surface area contributed by atoms with E-state index < -0.39 is 11.7 Å². The Morgan fingerprint density at radius 3 is 2.36 bits per heavy atom. The summed E-state index contributed by atoms with van der Waals surface area (Å²) >= 11 is 1.13. The fourth-order valence-corrected chi connectivity index (χ4v) is 3.87. The van der Waals surface area contributed by atoms with Gasteiger partial charge in [-0.2, -0.15) is 0 Å². The first-order valence-electron chi connectivity index (χ1n) is 9.69. The minimum Gasteiger partial charge on any atom is -0.322 e. The lowest BCUT2D eigenvalue weighted by Gasteiger charge is -2.15.